The average molecular weight is 319 g/mol. The van der Waals surface area contributed by atoms with Crippen LogP contribution in [0.2, 0.25) is 0 Å². The van der Waals surface area contributed by atoms with Crippen molar-refractivity contribution in [3.63, 3.8) is 0 Å². The summed E-state index contributed by atoms with van der Waals surface area (Å²) in [6.07, 6.45) is 0. The van der Waals surface area contributed by atoms with Gasteiger partial charge in [0.1, 0.15) is 5.69 Å². The number of carbonyl (C=O) groups is 1. The molecular weight excluding hydrogens is 298 g/mol. The van der Waals surface area contributed by atoms with Crippen LogP contribution in [0.1, 0.15) is 17.4 Å². The van der Waals surface area contributed by atoms with E-state index < -0.39 is 0 Å². The summed E-state index contributed by atoms with van der Waals surface area (Å²) in [5, 5.41) is 4.00. The summed E-state index contributed by atoms with van der Waals surface area (Å²) in [5.74, 6) is -0.144. The fourth-order valence-electron chi connectivity index (χ4n) is 2.58. The molecule has 0 aliphatic heterocycles. The molecule has 3 rings (SSSR count). The lowest BCUT2D eigenvalue weighted by atomic mass is 10.2. The number of nitrogens with zero attached hydrogens (tertiary/aromatic N) is 2. The zero-order valence-corrected chi connectivity index (χ0v) is 13.9. The number of pyridine rings is 1. The Balaban J connectivity index is 1.63. The highest BCUT2D eigenvalue weighted by Crippen LogP contribution is 2.14. The number of hydrogen-bond acceptors (Lipinski definition) is 3. The number of likely N-dealkylation sites (N-methyl/N-ethyl adjacent to an activating group) is 1. The Labute approximate surface area is 142 Å². The van der Waals surface area contributed by atoms with E-state index in [0.717, 1.165) is 16.6 Å². The molecule has 3 aromatic rings. The monoisotopic (exact) mass is 319 g/mol. The van der Waals surface area contributed by atoms with Gasteiger partial charge < -0.3 is 10.2 Å². The van der Waals surface area contributed by atoms with Crippen molar-refractivity contribution in [3.05, 3.63) is 72.4 Å². The number of carbonyl (C=O) groups excluding carboxylic acids is 1. The maximum absolute atomic E-state index is 12.4. The third-order valence-electron chi connectivity index (χ3n) is 4.21. The first-order valence-electron chi connectivity index (χ1n) is 8.07. The number of aromatic nitrogens is 1. The van der Waals surface area contributed by atoms with E-state index in [1.54, 1.807) is 6.07 Å². The number of nitrogens with one attached hydrogen (secondary N) is 1. The molecule has 0 saturated heterocycles. The van der Waals surface area contributed by atoms with Crippen molar-refractivity contribution in [1.82, 2.24) is 10.3 Å². The number of benzene rings is 2. The molecule has 0 bridgehead atoms. The Bertz CT molecular complexity index is 832. The summed E-state index contributed by atoms with van der Waals surface area (Å²) in [6, 6.07) is 21.8. The lowest BCUT2D eigenvalue weighted by Gasteiger charge is -2.27. The van der Waals surface area contributed by atoms with Gasteiger partial charge in [0, 0.05) is 30.7 Å². The molecular formula is C20H21N3O. The molecule has 4 nitrogen and oxygen atoms in total. The summed E-state index contributed by atoms with van der Waals surface area (Å²) in [7, 11) is 2.03. The summed E-state index contributed by atoms with van der Waals surface area (Å²) in [6.45, 7) is 2.64. The van der Waals surface area contributed by atoms with Crippen LogP contribution in [0, 0.1) is 0 Å². The highest BCUT2D eigenvalue weighted by atomic mass is 16.1. The molecule has 24 heavy (non-hydrogen) atoms. The molecule has 0 saturated carbocycles. The Hall–Kier alpha value is -2.88. The third kappa shape index (κ3) is 3.54. The van der Waals surface area contributed by atoms with E-state index in [0.29, 0.717) is 12.2 Å². The van der Waals surface area contributed by atoms with Gasteiger partial charge in [-0.25, -0.2) is 4.98 Å². The maximum Gasteiger partial charge on any atom is 0.269 e. The second kappa shape index (κ2) is 7.13. The van der Waals surface area contributed by atoms with E-state index in [9.17, 15) is 4.79 Å². The molecule has 1 amide bonds. The minimum absolute atomic E-state index is 0.144. The Kier molecular flexibility index (Phi) is 4.75. The second-order valence-corrected chi connectivity index (χ2v) is 5.89. The number of amides is 1. The van der Waals surface area contributed by atoms with Crippen molar-refractivity contribution >= 4 is 22.5 Å². The van der Waals surface area contributed by atoms with Crippen molar-refractivity contribution in [2.24, 2.45) is 0 Å². The predicted molar refractivity (Wildman–Crippen MR) is 98.4 cm³/mol. The van der Waals surface area contributed by atoms with E-state index in [4.69, 9.17) is 0 Å². The van der Waals surface area contributed by atoms with Crippen LogP contribution >= 0.6 is 0 Å². The average Bonchev–Trinajstić information content (AvgIpc) is 2.65. The quantitative estimate of drug-likeness (QED) is 0.783. The Morgan fingerprint density at radius 3 is 2.54 bits per heavy atom. The van der Waals surface area contributed by atoms with E-state index in [1.807, 2.05) is 55.6 Å². The molecule has 0 unspecified atom stereocenters. The summed E-state index contributed by atoms with van der Waals surface area (Å²) < 4.78 is 0. The zero-order valence-electron chi connectivity index (χ0n) is 13.9. The van der Waals surface area contributed by atoms with Crippen molar-refractivity contribution in [2.45, 2.75) is 13.0 Å². The normalized spacial score (nSPS) is 11.9. The summed E-state index contributed by atoms with van der Waals surface area (Å²) >= 11 is 0. The number of hydrogen-bond donors (Lipinski definition) is 1. The number of rotatable bonds is 5. The highest BCUT2D eigenvalue weighted by Gasteiger charge is 2.13. The largest absolute Gasteiger partial charge is 0.370 e. The van der Waals surface area contributed by atoms with Crippen LogP contribution in [0.4, 0.5) is 5.69 Å². The van der Waals surface area contributed by atoms with Gasteiger partial charge in [0.25, 0.3) is 5.91 Å². The minimum atomic E-state index is -0.144. The number of para-hydroxylation sites is 2. The molecule has 0 radical (unpaired) electrons. The van der Waals surface area contributed by atoms with E-state index >= 15 is 0 Å². The van der Waals surface area contributed by atoms with Gasteiger partial charge in [-0.1, -0.05) is 42.5 Å². The standard InChI is InChI=1S/C20H21N3O/c1-15(23(2)17-9-4-3-5-10-17)14-21-20(24)19-13-12-16-8-6-7-11-18(16)22-19/h3-13,15H,14H2,1-2H3,(H,21,24)/t15-/m0/s1. The topological polar surface area (TPSA) is 45.2 Å². The number of anilines is 1. The van der Waals surface area contributed by atoms with Crippen LogP contribution in [0.5, 0.6) is 0 Å². The van der Waals surface area contributed by atoms with Gasteiger partial charge >= 0.3 is 0 Å². The van der Waals surface area contributed by atoms with Crippen LogP contribution in [0.25, 0.3) is 10.9 Å². The Morgan fingerprint density at radius 1 is 1.04 bits per heavy atom. The fourth-order valence-corrected chi connectivity index (χ4v) is 2.58. The van der Waals surface area contributed by atoms with Gasteiger partial charge in [0.15, 0.2) is 0 Å². The molecule has 0 aliphatic rings. The van der Waals surface area contributed by atoms with Gasteiger partial charge in [-0.2, -0.15) is 0 Å². The van der Waals surface area contributed by atoms with Crippen LogP contribution in [0.3, 0.4) is 0 Å². The summed E-state index contributed by atoms with van der Waals surface area (Å²) in [4.78, 5) is 18.9. The lowest BCUT2D eigenvalue weighted by Crippen LogP contribution is -2.40. The molecule has 2 aromatic carbocycles. The van der Waals surface area contributed by atoms with Crippen molar-refractivity contribution in [1.29, 1.82) is 0 Å². The van der Waals surface area contributed by atoms with E-state index in [-0.39, 0.29) is 11.9 Å². The maximum atomic E-state index is 12.4. The van der Waals surface area contributed by atoms with E-state index in [2.05, 4.69) is 34.3 Å². The van der Waals surface area contributed by atoms with Crippen molar-refractivity contribution in [2.75, 3.05) is 18.5 Å². The van der Waals surface area contributed by atoms with Crippen LogP contribution in [0.15, 0.2) is 66.7 Å². The van der Waals surface area contributed by atoms with Crippen LogP contribution < -0.4 is 10.2 Å². The SMILES string of the molecule is C[C@@H](CNC(=O)c1ccc2ccccc2n1)N(C)c1ccccc1. The smallest absolute Gasteiger partial charge is 0.269 e. The molecule has 1 atom stereocenters. The van der Waals surface area contributed by atoms with Crippen LogP contribution in [-0.4, -0.2) is 30.5 Å². The molecule has 0 aliphatic carbocycles. The van der Waals surface area contributed by atoms with Gasteiger partial charge in [-0.3, -0.25) is 4.79 Å². The van der Waals surface area contributed by atoms with Crippen LogP contribution in [-0.2, 0) is 0 Å². The first-order chi connectivity index (χ1) is 11.6. The molecule has 0 fully saturated rings. The zero-order chi connectivity index (χ0) is 16.9. The molecule has 0 spiro atoms. The highest BCUT2D eigenvalue weighted by molar-refractivity contribution is 5.94. The van der Waals surface area contributed by atoms with Gasteiger partial charge in [0.2, 0.25) is 0 Å². The fraction of sp³-hybridized carbons (Fsp3) is 0.200. The van der Waals surface area contributed by atoms with Gasteiger partial charge in [-0.15, -0.1) is 0 Å². The van der Waals surface area contributed by atoms with E-state index in [1.165, 1.54) is 0 Å². The van der Waals surface area contributed by atoms with Gasteiger partial charge in [-0.05, 0) is 31.2 Å². The lowest BCUT2D eigenvalue weighted by molar-refractivity contribution is 0.0947. The number of fused-ring (bicyclic) bond motifs is 1. The molecule has 1 N–H and O–H groups in total. The predicted octanol–water partition coefficient (Wildman–Crippen LogP) is 3.49. The molecule has 1 aromatic heterocycles. The molecule has 1 heterocycles. The Morgan fingerprint density at radius 2 is 1.75 bits per heavy atom. The van der Waals surface area contributed by atoms with Gasteiger partial charge in [0.05, 0.1) is 5.52 Å². The summed E-state index contributed by atoms with van der Waals surface area (Å²) in [5.41, 5.74) is 2.41. The molecule has 4 heteroatoms. The first-order valence-corrected chi connectivity index (χ1v) is 8.07. The first kappa shape index (κ1) is 16.0. The minimum Gasteiger partial charge on any atom is -0.370 e. The van der Waals surface area contributed by atoms with Crippen molar-refractivity contribution < 1.29 is 4.79 Å². The second-order valence-electron chi connectivity index (χ2n) is 5.89. The molecule has 122 valence electrons. The third-order valence-corrected chi connectivity index (χ3v) is 4.21. The van der Waals surface area contributed by atoms with Crippen molar-refractivity contribution in [3.8, 4) is 0 Å².